The van der Waals surface area contributed by atoms with Crippen molar-refractivity contribution in [3.63, 3.8) is 0 Å². The van der Waals surface area contributed by atoms with Crippen LogP contribution in [0.2, 0.25) is 0 Å². The number of hydrogen-bond donors (Lipinski definition) is 0. The Kier molecular flexibility index (Phi) is 5.90. The van der Waals surface area contributed by atoms with Crippen molar-refractivity contribution in [2.45, 2.75) is 66.2 Å². The molecule has 108 valence electrons. The summed E-state index contributed by atoms with van der Waals surface area (Å²) in [6, 6.07) is 7.04. The van der Waals surface area contributed by atoms with Gasteiger partial charge < -0.3 is 4.90 Å². The molecule has 0 aliphatic heterocycles. The second kappa shape index (κ2) is 6.98. The molecule has 1 aromatic carbocycles. The van der Waals surface area contributed by atoms with Crippen LogP contribution in [0.4, 0.5) is 5.69 Å². The van der Waals surface area contributed by atoms with Gasteiger partial charge >= 0.3 is 0 Å². The number of aryl methyl sites for hydroxylation is 1. The van der Waals surface area contributed by atoms with E-state index in [1.54, 1.807) is 0 Å². The third-order valence-corrected chi connectivity index (χ3v) is 3.61. The van der Waals surface area contributed by atoms with Gasteiger partial charge in [-0.05, 0) is 41.9 Å². The van der Waals surface area contributed by atoms with E-state index in [2.05, 4.69) is 64.6 Å². The summed E-state index contributed by atoms with van der Waals surface area (Å²) < 4.78 is 0. The zero-order valence-corrected chi connectivity index (χ0v) is 13.7. The summed E-state index contributed by atoms with van der Waals surface area (Å²) >= 11 is 0. The molecule has 0 aliphatic rings. The molecular weight excluding hydrogens is 230 g/mol. The molecule has 1 aromatic rings. The fourth-order valence-corrected chi connectivity index (χ4v) is 2.59. The summed E-state index contributed by atoms with van der Waals surface area (Å²) in [6.45, 7) is 16.0. The molecule has 0 unspecified atom stereocenters. The molecule has 0 aromatic heterocycles. The van der Waals surface area contributed by atoms with E-state index in [1.807, 2.05) is 0 Å². The highest BCUT2D eigenvalue weighted by molar-refractivity contribution is 5.58. The van der Waals surface area contributed by atoms with Gasteiger partial charge in [-0.1, -0.05) is 53.7 Å². The Morgan fingerprint density at radius 2 is 1.53 bits per heavy atom. The number of rotatable bonds is 6. The predicted octanol–water partition coefficient (Wildman–Crippen LogP) is 5.17. The van der Waals surface area contributed by atoms with E-state index < -0.39 is 0 Å². The molecule has 1 nitrogen and oxygen atoms in total. The van der Waals surface area contributed by atoms with Gasteiger partial charge in [-0.15, -0.1) is 0 Å². The van der Waals surface area contributed by atoms with Gasteiger partial charge in [0.2, 0.25) is 0 Å². The van der Waals surface area contributed by atoms with E-state index in [-0.39, 0.29) is 5.41 Å². The summed E-state index contributed by atoms with van der Waals surface area (Å²) in [5, 5.41) is 0. The Morgan fingerprint density at radius 3 is 1.95 bits per heavy atom. The topological polar surface area (TPSA) is 3.24 Å². The highest BCUT2D eigenvalue weighted by atomic mass is 15.1. The Balaban J connectivity index is 3.25. The Bertz CT molecular complexity index is 381. The maximum Gasteiger partial charge on any atom is 0.0406 e. The standard InChI is InChI=1S/C18H31N/c1-7-12-19(13-8-2)17-14-15(9-3)10-11-16(17)18(4,5)6/h10-11,14H,7-9,12-13H2,1-6H3. The van der Waals surface area contributed by atoms with Gasteiger partial charge in [0.15, 0.2) is 0 Å². The second-order valence-corrected chi connectivity index (χ2v) is 6.44. The van der Waals surface area contributed by atoms with Crippen molar-refractivity contribution in [2.24, 2.45) is 0 Å². The molecule has 1 heteroatoms. The van der Waals surface area contributed by atoms with Crippen molar-refractivity contribution >= 4 is 5.69 Å². The van der Waals surface area contributed by atoms with Crippen molar-refractivity contribution in [3.05, 3.63) is 29.3 Å². The lowest BCUT2D eigenvalue weighted by Gasteiger charge is -2.32. The molecule has 0 fully saturated rings. The highest BCUT2D eigenvalue weighted by Crippen LogP contribution is 2.33. The number of hydrogen-bond acceptors (Lipinski definition) is 1. The molecule has 0 saturated heterocycles. The van der Waals surface area contributed by atoms with E-state index in [4.69, 9.17) is 0 Å². The van der Waals surface area contributed by atoms with Crippen LogP contribution in [0.1, 0.15) is 65.5 Å². The van der Waals surface area contributed by atoms with Crippen LogP contribution < -0.4 is 4.90 Å². The molecule has 0 aliphatic carbocycles. The first-order valence-corrected chi connectivity index (χ1v) is 7.82. The molecule has 1 rings (SSSR count). The van der Waals surface area contributed by atoms with Crippen LogP contribution in [-0.4, -0.2) is 13.1 Å². The molecular formula is C18H31N. The fraction of sp³-hybridized carbons (Fsp3) is 0.667. The molecule has 0 bridgehead atoms. The average molecular weight is 261 g/mol. The van der Waals surface area contributed by atoms with Gasteiger partial charge in [-0.2, -0.15) is 0 Å². The molecule has 0 radical (unpaired) electrons. The van der Waals surface area contributed by atoms with Crippen molar-refractivity contribution in [1.29, 1.82) is 0 Å². The van der Waals surface area contributed by atoms with Crippen molar-refractivity contribution in [3.8, 4) is 0 Å². The van der Waals surface area contributed by atoms with E-state index in [9.17, 15) is 0 Å². The van der Waals surface area contributed by atoms with E-state index in [0.717, 1.165) is 19.5 Å². The lowest BCUT2D eigenvalue weighted by molar-refractivity contribution is 0.585. The third kappa shape index (κ3) is 4.26. The van der Waals surface area contributed by atoms with E-state index in [0.29, 0.717) is 0 Å². The zero-order valence-electron chi connectivity index (χ0n) is 13.7. The maximum atomic E-state index is 2.57. The minimum Gasteiger partial charge on any atom is -0.371 e. The van der Waals surface area contributed by atoms with Gasteiger partial charge in [0, 0.05) is 18.8 Å². The van der Waals surface area contributed by atoms with Crippen molar-refractivity contribution in [2.75, 3.05) is 18.0 Å². The van der Waals surface area contributed by atoms with Crippen LogP contribution in [0.15, 0.2) is 18.2 Å². The van der Waals surface area contributed by atoms with Crippen LogP contribution in [0, 0.1) is 0 Å². The third-order valence-electron chi connectivity index (χ3n) is 3.61. The molecule has 0 amide bonds. The van der Waals surface area contributed by atoms with E-state index in [1.165, 1.54) is 29.7 Å². The molecule has 0 spiro atoms. The summed E-state index contributed by atoms with van der Waals surface area (Å²) in [5.74, 6) is 0. The van der Waals surface area contributed by atoms with Gasteiger partial charge in [0.05, 0.1) is 0 Å². The molecule has 0 heterocycles. The van der Waals surface area contributed by atoms with Crippen LogP contribution in [0.3, 0.4) is 0 Å². The summed E-state index contributed by atoms with van der Waals surface area (Å²) in [4.78, 5) is 2.57. The summed E-state index contributed by atoms with van der Waals surface area (Å²) in [5.41, 5.74) is 4.59. The normalized spacial score (nSPS) is 11.7. The first-order chi connectivity index (χ1) is 8.93. The average Bonchev–Trinajstić information content (AvgIpc) is 2.36. The van der Waals surface area contributed by atoms with Crippen LogP contribution >= 0.6 is 0 Å². The van der Waals surface area contributed by atoms with E-state index >= 15 is 0 Å². The smallest absolute Gasteiger partial charge is 0.0406 e. The summed E-state index contributed by atoms with van der Waals surface area (Å²) in [7, 11) is 0. The number of anilines is 1. The first-order valence-electron chi connectivity index (χ1n) is 7.82. The lowest BCUT2D eigenvalue weighted by atomic mass is 9.84. The second-order valence-electron chi connectivity index (χ2n) is 6.44. The minimum absolute atomic E-state index is 0.210. The lowest BCUT2D eigenvalue weighted by Crippen LogP contribution is -2.28. The number of nitrogens with zero attached hydrogens (tertiary/aromatic N) is 1. The van der Waals surface area contributed by atoms with Crippen LogP contribution in [-0.2, 0) is 11.8 Å². The highest BCUT2D eigenvalue weighted by Gasteiger charge is 2.20. The molecule has 0 atom stereocenters. The Hall–Kier alpha value is -0.980. The summed E-state index contributed by atoms with van der Waals surface area (Å²) in [6.07, 6.45) is 3.53. The fourth-order valence-electron chi connectivity index (χ4n) is 2.59. The molecule has 19 heavy (non-hydrogen) atoms. The number of benzene rings is 1. The zero-order chi connectivity index (χ0) is 14.5. The SMILES string of the molecule is CCCN(CCC)c1cc(CC)ccc1C(C)(C)C. The largest absolute Gasteiger partial charge is 0.371 e. The van der Waals surface area contributed by atoms with Gasteiger partial charge in [-0.3, -0.25) is 0 Å². The molecule has 0 N–H and O–H groups in total. The maximum absolute atomic E-state index is 2.57. The predicted molar refractivity (Wildman–Crippen MR) is 87.3 cm³/mol. The minimum atomic E-state index is 0.210. The van der Waals surface area contributed by atoms with Crippen molar-refractivity contribution in [1.82, 2.24) is 0 Å². The van der Waals surface area contributed by atoms with Gasteiger partial charge in [0.1, 0.15) is 0 Å². The van der Waals surface area contributed by atoms with Gasteiger partial charge in [-0.25, -0.2) is 0 Å². The van der Waals surface area contributed by atoms with Crippen molar-refractivity contribution < 1.29 is 0 Å². The Morgan fingerprint density at radius 1 is 0.947 bits per heavy atom. The quantitative estimate of drug-likeness (QED) is 0.682. The van der Waals surface area contributed by atoms with Crippen LogP contribution in [0.5, 0.6) is 0 Å². The Labute approximate surface area is 120 Å². The van der Waals surface area contributed by atoms with Crippen LogP contribution in [0.25, 0.3) is 0 Å². The monoisotopic (exact) mass is 261 g/mol. The molecule has 0 saturated carbocycles. The first kappa shape index (κ1) is 16.1. The van der Waals surface area contributed by atoms with Gasteiger partial charge in [0.25, 0.3) is 0 Å².